The third-order valence-electron chi connectivity index (χ3n) is 2.25. The second kappa shape index (κ2) is 3.75. The molecule has 1 aromatic heterocycles. The van der Waals surface area contributed by atoms with Gasteiger partial charge in [0.1, 0.15) is 5.82 Å². The van der Waals surface area contributed by atoms with E-state index in [1.165, 1.54) is 18.4 Å². The fourth-order valence-electron chi connectivity index (χ4n) is 1.23. The van der Waals surface area contributed by atoms with Crippen molar-refractivity contribution >= 4 is 5.82 Å². The summed E-state index contributed by atoms with van der Waals surface area (Å²) in [6, 6.07) is 4.88. The maximum Gasteiger partial charge on any atom is 0.125 e. The Morgan fingerprint density at radius 1 is 1.46 bits per heavy atom. The van der Waals surface area contributed by atoms with E-state index >= 15 is 0 Å². The molecule has 0 radical (unpaired) electrons. The van der Waals surface area contributed by atoms with Crippen molar-refractivity contribution in [1.82, 2.24) is 10.3 Å². The fraction of sp³-hybridized carbons (Fsp3) is 0.500. The molecule has 1 heterocycles. The third-order valence-corrected chi connectivity index (χ3v) is 2.25. The van der Waals surface area contributed by atoms with Gasteiger partial charge in [0.25, 0.3) is 0 Å². The quantitative estimate of drug-likeness (QED) is 0.729. The highest BCUT2D eigenvalue weighted by Crippen LogP contribution is 2.19. The van der Waals surface area contributed by atoms with E-state index in [9.17, 15) is 0 Å². The van der Waals surface area contributed by atoms with Gasteiger partial charge in [0, 0.05) is 25.8 Å². The van der Waals surface area contributed by atoms with Crippen LogP contribution in [0.5, 0.6) is 0 Å². The number of nitrogens with one attached hydrogen (secondary N) is 2. The number of anilines is 1. The Bertz CT molecular complexity index is 264. The van der Waals surface area contributed by atoms with Crippen molar-refractivity contribution in [3.05, 3.63) is 23.9 Å². The highest BCUT2D eigenvalue weighted by molar-refractivity contribution is 5.34. The first-order chi connectivity index (χ1) is 6.38. The number of hydrogen-bond acceptors (Lipinski definition) is 3. The molecule has 0 saturated heterocycles. The van der Waals surface area contributed by atoms with Crippen LogP contribution < -0.4 is 10.6 Å². The second-order valence-corrected chi connectivity index (χ2v) is 3.46. The molecule has 1 fully saturated rings. The zero-order valence-corrected chi connectivity index (χ0v) is 7.88. The third kappa shape index (κ3) is 2.42. The smallest absolute Gasteiger partial charge is 0.125 e. The Morgan fingerprint density at radius 3 is 2.85 bits per heavy atom. The summed E-state index contributed by atoms with van der Waals surface area (Å²) in [4.78, 5) is 4.24. The van der Waals surface area contributed by atoms with Crippen LogP contribution in [-0.4, -0.2) is 18.1 Å². The molecule has 0 amide bonds. The lowest BCUT2D eigenvalue weighted by Gasteiger charge is -2.03. The van der Waals surface area contributed by atoms with Gasteiger partial charge in [0.2, 0.25) is 0 Å². The van der Waals surface area contributed by atoms with E-state index in [1.54, 1.807) is 0 Å². The van der Waals surface area contributed by atoms with Gasteiger partial charge in [-0.2, -0.15) is 0 Å². The molecule has 1 aliphatic rings. The average Bonchev–Trinajstić information content (AvgIpc) is 2.99. The fourth-order valence-corrected chi connectivity index (χ4v) is 1.23. The number of rotatable bonds is 4. The summed E-state index contributed by atoms with van der Waals surface area (Å²) in [6.45, 7) is 0.946. The lowest BCUT2D eigenvalue weighted by atomic mass is 10.3. The molecular weight excluding hydrogens is 162 g/mol. The molecule has 2 N–H and O–H groups in total. The summed E-state index contributed by atoms with van der Waals surface area (Å²) in [6.07, 6.45) is 4.59. The highest BCUT2D eigenvalue weighted by Gasteiger charge is 2.19. The molecule has 0 bridgehead atoms. The molecule has 1 aliphatic carbocycles. The first-order valence-electron chi connectivity index (χ1n) is 4.74. The van der Waals surface area contributed by atoms with Crippen molar-refractivity contribution in [3.8, 4) is 0 Å². The van der Waals surface area contributed by atoms with Crippen molar-refractivity contribution in [2.24, 2.45) is 0 Å². The van der Waals surface area contributed by atoms with Gasteiger partial charge < -0.3 is 10.6 Å². The zero-order valence-electron chi connectivity index (χ0n) is 7.88. The predicted molar refractivity (Wildman–Crippen MR) is 53.6 cm³/mol. The molecule has 0 atom stereocenters. The molecular formula is C10H15N3. The summed E-state index contributed by atoms with van der Waals surface area (Å²) in [5.74, 6) is 0.926. The Hall–Kier alpha value is -1.09. The zero-order chi connectivity index (χ0) is 9.10. The second-order valence-electron chi connectivity index (χ2n) is 3.46. The summed E-state index contributed by atoms with van der Waals surface area (Å²) < 4.78 is 0. The Morgan fingerprint density at radius 2 is 2.31 bits per heavy atom. The number of pyridine rings is 1. The van der Waals surface area contributed by atoms with Gasteiger partial charge in [0.15, 0.2) is 0 Å². The minimum absolute atomic E-state index is 0.768. The van der Waals surface area contributed by atoms with E-state index in [0.29, 0.717) is 0 Å². The van der Waals surface area contributed by atoms with Crippen LogP contribution in [0.15, 0.2) is 18.3 Å². The van der Waals surface area contributed by atoms with Gasteiger partial charge in [-0.1, -0.05) is 6.07 Å². The largest absolute Gasteiger partial charge is 0.373 e. The molecule has 3 nitrogen and oxygen atoms in total. The summed E-state index contributed by atoms with van der Waals surface area (Å²) in [5, 5.41) is 6.45. The van der Waals surface area contributed by atoms with Crippen molar-refractivity contribution < 1.29 is 0 Å². The SMILES string of the molecule is CNc1ccc(CNC2CC2)cn1. The molecule has 0 unspecified atom stereocenters. The normalized spacial score (nSPS) is 15.8. The summed E-state index contributed by atoms with van der Waals surface area (Å²) >= 11 is 0. The van der Waals surface area contributed by atoms with Crippen molar-refractivity contribution in [2.45, 2.75) is 25.4 Å². The lowest BCUT2D eigenvalue weighted by molar-refractivity contribution is 0.686. The van der Waals surface area contributed by atoms with E-state index in [-0.39, 0.29) is 0 Å². The molecule has 13 heavy (non-hydrogen) atoms. The first kappa shape index (κ1) is 8.51. The van der Waals surface area contributed by atoms with E-state index < -0.39 is 0 Å². The van der Waals surface area contributed by atoms with Crippen LogP contribution in [0.3, 0.4) is 0 Å². The van der Waals surface area contributed by atoms with E-state index in [4.69, 9.17) is 0 Å². The first-order valence-corrected chi connectivity index (χ1v) is 4.74. The van der Waals surface area contributed by atoms with Gasteiger partial charge >= 0.3 is 0 Å². The molecule has 1 aromatic rings. The molecule has 70 valence electrons. The van der Waals surface area contributed by atoms with Gasteiger partial charge in [-0.25, -0.2) is 4.98 Å². The maximum absolute atomic E-state index is 4.24. The van der Waals surface area contributed by atoms with Crippen LogP contribution in [0.1, 0.15) is 18.4 Å². The Balaban J connectivity index is 1.88. The van der Waals surface area contributed by atoms with Gasteiger partial charge in [-0.05, 0) is 24.5 Å². The predicted octanol–water partition coefficient (Wildman–Crippen LogP) is 1.38. The highest BCUT2D eigenvalue weighted by atomic mass is 15.0. The van der Waals surface area contributed by atoms with Gasteiger partial charge in [-0.15, -0.1) is 0 Å². The van der Waals surface area contributed by atoms with Gasteiger partial charge in [0.05, 0.1) is 0 Å². The van der Waals surface area contributed by atoms with Gasteiger partial charge in [-0.3, -0.25) is 0 Å². The van der Waals surface area contributed by atoms with Crippen LogP contribution in [0, 0.1) is 0 Å². The van der Waals surface area contributed by atoms with Crippen molar-refractivity contribution in [3.63, 3.8) is 0 Å². The molecule has 2 rings (SSSR count). The van der Waals surface area contributed by atoms with Crippen LogP contribution in [-0.2, 0) is 6.54 Å². The monoisotopic (exact) mass is 177 g/mol. The van der Waals surface area contributed by atoms with Crippen LogP contribution >= 0.6 is 0 Å². The number of aromatic nitrogens is 1. The van der Waals surface area contributed by atoms with Crippen LogP contribution in [0.25, 0.3) is 0 Å². The lowest BCUT2D eigenvalue weighted by Crippen LogP contribution is -2.15. The Labute approximate surface area is 78.6 Å². The Kier molecular flexibility index (Phi) is 2.45. The van der Waals surface area contributed by atoms with E-state index in [2.05, 4.69) is 21.7 Å². The topological polar surface area (TPSA) is 37.0 Å². The minimum atomic E-state index is 0.768. The summed E-state index contributed by atoms with van der Waals surface area (Å²) in [5.41, 5.74) is 1.26. The van der Waals surface area contributed by atoms with Crippen molar-refractivity contribution in [2.75, 3.05) is 12.4 Å². The summed E-state index contributed by atoms with van der Waals surface area (Å²) in [7, 11) is 1.88. The average molecular weight is 177 g/mol. The van der Waals surface area contributed by atoms with E-state index in [1.807, 2.05) is 19.3 Å². The molecule has 0 spiro atoms. The minimum Gasteiger partial charge on any atom is -0.373 e. The molecule has 0 aromatic carbocycles. The van der Waals surface area contributed by atoms with Crippen LogP contribution in [0.2, 0.25) is 0 Å². The molecule has 0 aliphatic heterocycles. The van der Waals surface area contributed by atoms with Crippen LogP contribution in [0.4, 0.5) is 5.82 Å². The number of hydrogen-bond donors (Lipinski definition) is 2. The van der Waals surface area contributed by atoms with E-state index in [0.717, 1.165) is 18.4 Å². The maximum atomic E-state index is 4.24. The van der Waals surface area contributed by atoms with Crippen molar-refractivity contribution in [1.29, 1.82) is 0 Å². The standard InChI is InChI=1S/C10H15N3/c1-11-10-5-2-8(7-13-10)6-12-9-3-4-9/h2,5,7,9,12H,3-4,6H2,1H3,(H,11,13). The molecule has 3 heteroatoms. The molecule has 1 saturated carbocycles. The number of nitrogens with zero attached hydrogens (tertiary/aromatic N) is 1.